The third kappa shape index (κ3) is 1.80. The zero-order chi connectivity index (χ0) is 10.9. The fourth-order valence-electron chi connectivity index (χ4n) is 1.35. The summed E-state index contributed by atoms with van der Waals surface area (Å²) in [5.74, 6) is -3.27. The SMILES string of the molecule is OCC(F)(F)c1ccc2ccccc2n1. The van der Waals surface area contributed by atoms with Crippen molar-refractivity contribution >= 4 is 10.9 Å². The van der Waals surface area contributed by atoms with Crippen LogP contribution in [0.4, 0.5) is 8.78 Å². The van der Waals surface area contributed by atoms with Crippen LogP contribution in [0, 0.1) is 0 Å². The number of alkyl halides is 2. The van der Waals surface area contributed by atoms with Crippen LogP contribution in [0.25, 0.3) is 10.9 Å². The van der Waals surface area contributed by atoms with Crippen molar-refractivity contribution in [2.45, 2.75) is 5.92 Å². The Hall–Kier alpha value is -1.55. The molecule has 1 aromatic heterocycles. The molecule has 0 atom stereocenters. The van der Waals surface area contributed by atoms with Crippen molar-refractivity contribution in [1.82, 2.24) is 4.98 Å². The average Bonchev–Trinajstić information content (AvgIpc) is 2.28. The predicted molar refractivity (Wildman–Crippen MR) is 52.7 cm³/mol. The van der Waals surface area contributed by atoms with E-state index in [4.69, 9.17) is 5.11 Å². The number of pyridine rings is 1. The molecule has 1 aromatic carbocycles. The minimum Gasteiger partial charge on any atom is -0.390 e. The van der Waals surface area contributed by atoms with Crippen molar-refractivity contribution in [3.05, 3.63) is 42.1 Å². The summed E-state index contributed by atoms with van der Waals surface area (Å²) < 4.78 is 26.2. The van der Waals surface area contributed by atoms with Gasteiger partial charge in [-0.25, -0.2) is 4.98 Å². The standard InChI is InChI=1S/C11H9F2NO/c12-11(13,7-15)10-6-5-8-3-1-2-4-9(8)14-10/h1-6,15H,7H2. The number of aliphatic hydroxyl groups is 1. The minimum atomic E-state index is -3.27. The Bertz CT molecular complexity index is 485. The van der Waals surface area contributed by atoms with Crippen molar-refractivity contribution in [3.8, 4) is 0 Å². The number of halogens is 2. The van der Waals surface area contributed by atoms with Gasteiger partial charge in [0.15, 0.2) is 0 Å². The summed E-state index contributed by atoms with van der Waals surface area (Å²) in [5, 5.41) is 9.33. The lowest BCUT2D eigenvalue weighted by Crippen LogP contribution is -2.19. The van der Waals surface area contributed by atoms with Gasteiger partial charge in [-0.3, -0.25) is 0 Å². The highest BCUT2D eigenvalue weighted by Crippen LogP contribution is 2.26. The van der Waals surface area contributed by atoms with Crippen molar-refractivity contribution in [2.75, 3.05) is 6.61 Å². The van der Waals surface area contributed by atoms with Gasteiger partial charge in [-0.1, -0.05) is 24.3 Å². The Labute approximate surface area is 85.2 Å². The van der Waals surface area contributed by atoms with Gasteiger partial charge in [0, 0.05) is 5.39 Å². The predicted octanol–water partition coefficient (Wildman–Crippen LogP) is 2.32. The van der Waals surface area contributed by atoms with Crippen LogP contribution in [0.1, 0.15) is 5.69 Å². The largest absolute Gasteiger partial charge is 0.390 e. The van der Waals surface area contributed by atoms with E-state index in [-0.39, 0.29) is 0 Å². The highest BCUT2D eigenvalue weighted by molar-refractivity contribution is 5.78. The van der Waals surface area contributed by atoms with Crippen LogP contribution < -0.4 is 0 Å². The molecule has 0 spiro atoms. The summed E-state index contributed by atoms with van der Waals surface area (Å²) in [7, 11) is 0. The third-order valence-corrected chi connectivity index (χ3v) is 2.17. The van der Waals surface area contributed by atoms with Gasteiger partial charge >= 0.3 is 5.92 Å². The van der Waals surface area contributed by atoms with E-state index in [0.717, 1.165) is 5.39 Å². The Morgan fingerprint density at radius 2 is 1.87 bits per heavy atom. The zero-order valence-electron chi connectivity index (χ0n) is 7.82. The first kappa shape index (κ1) is 9.98. The molecule has 0 radical (unpaired) electrons. The smallest absolute Gasteiger partial charge is 0.312 e. The Kier molecular flexibility index (Phi) is 2.36. The zero-order valence-corrected chi connectivity index (χ0v) is 7.82. The average molecular weight is 209 g/mol. The van der Waals surface area contributed by atoms with E-state index >= 15 is 0 Å². The molecule has 1 N–H and O–H groups in total. The van der Waals surface area contributed by atoms with E-state index in [0.29, 0.717) is 5.52 Å². The summed E-state index contributed by atoms with van der Waals surface area (Å²) >= 11 is 0. The number of nitrogens with zero attached hydrogens (tertiary/aromatic N) is 1. The fraction of sp³-hybridized carbons (Fsp3) is 0.182. The molecule has 0 saturated heterocycles. The maximum absolute atomic E-state index is 13.1. The lowest BCUT2D eigenvalue weighted by Gasteiger charge is -2.12. The van der Waals surface area contributed by atoms with E-state index in [1.54, 1.807) is 24.3 Å². The number of hydrogen-bond donors (Lipinski definition) is 1. The summed E-state index contributed by atoms with van der Waals surface area (Å²) in [5.41, 5.74) is 0.104. The number of hydrogen-bond acceptors (Lipinski definition) is 2. The molecule has 0 bridgehead atoms. The quantitative estimate of drug-likeness (QED) is 0.823. The van der Waals surface area contributed by atoms with Gasteiger partial charge in [-0.2, -0.15) is 8.78 Å². The van der Waals surface area contributed by atoms with Crippen LogP contribution in [-0.2, 0) is 5.92 Å². The van der Waals surface area contributed by atoms with E-state index in [2.05, 4.69) is 4.98 Å². The van der Waals surface area contributed by atoms with Crippen molar-refractivity contribution in [3.63, 3.8) is 0 Å². The first-order valence-electron chi connectivity index (χ1n) is 4.48. The van der Waals surface area contributed by atoms with Crippen LogP contribution in [0.3, 0.4) is 0 Å². The van der Waals surface area contributed by atoms with Gasteiger partial charge in [0.25, 0.3) is 0 Å². The van der Waals surface area contributed by atoms with E-state index < -0.39 is 18.2 Å². The van der Waals surface area contributed by atoms with Gasteiger partial charge in [-0.15, -0.1) is 0 Å². The summed E-state index contributed by atoms with van der Waals surface area (Å²) in [4.78, 5) is 3.81. The first-order valence-corrected chi connectivity index (χ1v) is 4.48. The summed E-state index contributed by atoms with van der Waals surface area (Å²) in [6.45, 7) is -1.22. The van der Waals surface area contributed by atoms with Crippen molar-refractivity contribution in [2.24, 2.45) is 0 Å². The molecular formula is C11H9F2NO. The molecule has 2 nitrogen and oxygen atoms in total. The maximum atomic E-state index is 13.1. The number of aliphatic hydroxyl groups excluding tert-OH is 1. The molecule has 2 aromatic rings. The van der Waals surface area contributed by atoms with Crippen LogP contribution in [0.5, 0.6) is 0 Å². The molecule has 78 valence electrons. The van der Waals surface area contributed by atoms with Crippen molar-refractivity contribution in [1.29, 1.82) is 0 Å². The van der Waals surface area contributed by atoms with Crippen LogP contribution in [0.2, 0.25) is 0 Å². The monoisotopic (exact) mass is 209 g/mol. The van der Waals surface area contributed by atoms with Crippen LogP contribution in [0.15, 0.2) is 36.4 Å². The fourth-order valence-corrected chi connectivity index (χ4v) is 1.35. The van der Waals surface area contributed by atoms with Gasteiger partial charge in [0.05, 0.1) is 5.52 Å². The Morgan fingerprint density at radius 3 is 2.60 bits per heavy atom. The summed E-state index contributed by atoms with van der Waals surface area (Å²) in [6.07, 6.45) is 0. The van der Waals surface area contributed by atoms with E-state index in [9.17, 15) is 8.78 Å². The molecule has 4 heteroatoms. The molecule has 15 heavy (non-hydrogen) atoms. The van der Waals surface area contributed by atoms with Crippen LogP contribution >= 0.6 is 0 Å². The third-order valence-electron chi connectivity index (χ3n) is 2.17. The molecule has 0 aliphatic carbocycles. The molecule has 2 rings (SSSR count). The van der Waals surface area contributed by atoms with Gasteiger partial charge in [0.1, 0.15) is 12.3 Å². The summed E-state index contributed by atoms with van der Waals surface area (Å²) in [6, 6.07) is 9.80. The molecule has 0 amide bonds. The molecule has 0 aliphatic heterocycles. The lowest BCUT2D eigenvalue weighted by atomic mass is 10.1. The minimum absolute atomic E-state index is 0.399. The molecule has 0 unspecified atom stereocenters. The molecular weight excluding hydrogens is 200 g/mol. The van der Waals surface area contributed by atoms with E-state index in [1.165, 1.54) is 6.07 Å². The number of fused-ring (bicyclic) bond motifs is 1. The Morgan fingerprint density at radius 1 is 1.13 bits per heavy atom. The van der Waals surface area contributed by atoms with Gasteiger partial charge in [-0.05, 0) is 12.1 Å². The number of para-hydroxylation sites is 1. The second kappa shape index (κ2) is 3.55. The highest BCUT2D eigenvalue weighted by Gasteiger charge is 2.32. The van der Waals surface area contributed by atoms with Gasteiger partial charge in [0.2, 0.25) is 0 Å². The van der Waals surface area contributed by atoms with Gasteiger partial charge < -0.3 is 5.11 Å². The van der Waals surface area contributed by atoms with Crippen LogP contribution in [-0.4, -0.2) is 16.7 Å². The Balaban J connectivity index is 2.56. The molecule has 0 fully saturated rings. The maximum Gasteiger partial charge on any atom is 0.312 e. The van der Waals surface area contributed by atoms with Crippen molar-refractivity contribution < 1.29 is 13.9 Å². The first-order chi connectivity index (χ1) is 7.13. The molecule has 0 saturated carbocycles. The second-order valence-electron chi connectivity index (χ2n) is 3.25. The lowest BCUT2D eigenvalue weighted by molar-refractivity contribution is -0.0589. The number of benzene rings is 1. The molecule has 1 heterocycles. The topological polar surface area (TPSA) is 33.1 Å². The normalized spacial score (nSPS) is 11.9. The molecule has 0 aliphatic rings. The highest BCUT2D eigenvalue weighted by atomic mass is 19.3. The van der Waals surface area contributed by atoms with E-state index in [1.807, 2.05) is 6.07 Å². The second-order valence-corrected chi connectivity index (χ2v) is 3.25. The number of rotatable bonds is 2. The number of aromatic nitrogens is 1.